The lowest BCUT2D eigenvalue weighted by Crippen LogP contribution is -2.39. The van der Waals surface area contributed by atoms with Crippen molar-refractivity contribution < 1.29 is 18.3 Å². The van der Waals surface area contributed by atoms with Crippen molar-refractivity contribution in [2.75, 3.05) is 0 Å². The van der Waals surface area contributed by atoms with Gasteiger partial charge in [0.05, 0.1) is 10.6 Å². The topological polar surface area (TPSA) is 74.7 Å². The Morgan fingerprint density at radius 3 is 2.67 bits per heavy atom. The molecule has 7 heteroatoms. The summed E-state index contributed by atoms with van der Waals surface area (Å²) >= 11 is 6.00. The van der Waals surface area contributed by atoms with E-state index in [1.807, 2.05) is 13.8 Å². The maximum absolute atomic E-state index is 12.9. The molecule has 2 atom stereocenters. The highest BCUT2D eigenvalue weighted by Gasteiger charge is 2.40. The summed E-state index contributed by atoms with van der Waals surface area (Å²) < 4.78 is 27.2. The molecular weight excluding hydrogens is 314 g/mol. The van der Waals surface area contributed by atoms with Crippen molar-refractivity contribution in [3.8, 4) is 0 Å². The second-order valence-corrected chi connectivity index (χ2v) is 7.49. The van der Waals surface area contributed by atoms with Crippen LogP contribution in [0.25, 0.3) is 0 Å². The van der Waals surface area contributed by atoms with E-state index in [1.165, 1.54) is 16.4 Å². The summed E-state index contributed by atoms with van der Waals surface area (Å²) in [7, 11) is -3.80. The Morgan fingerprint density at radius 2 is 2.10 bits per heavy atom. The summed E-state index contributed by atoms with van der Waals surface area (Å²) in [5, 5.41) is 9.08. The first-order valence-corrected chi connectivity index (χ1v) is 8.67. The van der Waals surface area contributed by atoms with Crippen LogP contribution in [0.2, 0.25) is 5.02 Å². The maximum Gasteiger partial charge on any atom is 0.335 e. The molecule has 116 valence electrons. The lowest BCUT2D eigenvalue weighted by Gasteiger charge is -2.27. The van der Waals surface area contributed by atoms with E-state index in [2.05, 4.69) is 0 Å². The zero-order valence-corrected chi connectivity index (χ0v) is 13.5. The van der Waals surface area contributed by atoms with Crippen LogP contribution in [-0.4, -0.2) is 35.9 Å². The van der Waals surface area contributed by atoms with E-state index in [4.69, 9.17) is 16.7 Å². The zero-order chi connectivity index (χ0) is 15.8. The van der Waals surface area contributed by atoms with Crippen molar-refractivity contribution in [2.45, 2.75) is 50.1 Å². The van der Waals surface area contributed by atoms with Gasteiger partial charge >= 0.3 is 5.97 Å². The SMILES string of the molecule is CCC1CCC(C)N1S(=O)(=O)c1cc(C(=O)O)ccc1Cl. The van der Waals surface area contributed by atoms with Gasteiger partial charge < -0.3 is 5.11 Å². The Balaban J connectivity index is 2.53. The predicted octanol–water partition coefficient (Wildman–Crippen LogP) is 2.99. The summed E-state index contributed by atoms with van der Waals surface area (Å²) in [5.41, 5.74) is -0.0853. The van der Waals surface area contributed by atoms with Crippen molar-refractivity contribution in [3.05, 3.63) is 28.8 Å². The van der Waals surface area contributed by atoms with E-state index in [0.717, 1.165) is 25.3 Å². The molecule has 0 saturated carbocycles. The molecule has 1 fully saturated rings. The molecule has 2 unspecified atom stereocenters. The van der Waals surface area contributed by atoms with Crippen LogP contribution in [-0.2, 0) is 10.0 Å². The summed E-state index contributed by atoms with van der Waals surface area (Å²) in [5.74, 6) is -1.18. The molecule has 0 aliphatic carbocycles. The van der Waals surface area contributed by atoms with Crippen molar-refractivity contribution >= 4 is 27.6 Å². The number of hydrogen-bond donors (Lipinski definition) is 1. The van der Waals surface area contributed by atoms with E-state index >= 15 is 0 Å². The minimum atomic E-state index is -3.80. The molecule has 5 nitrogen and oxygen atoms in total. The monoisotopic (exact) mass is 331 g/mol. The van der Waals surface area contributed by atoms with E-state index in [-0.39, 0.29) is 27.6 Å². The number of carboxylic acids is 1. The van der Waals surface area contributed by atoms with Crippen LogP contribution in [0.4, 0.5) is 0 Å². The third kappa shape index (κ3) is 2.93. The first-order valence-electron chi connectivity index (χ1n) is 6.85. The van der Waals surface area contributed by atoms with Crippen LogP contribution in [0.1, 0.15) is 43.5 Å². The Kier molecular flexibility index (Phi) is 4.60. The molecule has 2 rings (SSSR count). The van der Waals surface area contributed by atoms with Gasteiger partial charge in [0, 0.05) is 12.1 Å². The second kappa shape index (κ2) is 5.94. The first-order chi connectivity index (χ1) is 9.78. The highest BCUT2D eigenvalue weighted by atomic mass is 35.5. The van der Waals surface area contributed by atoms with E-state index < -0.39 is 16.0 Å². The Bertz CT molecular complexity index is 659. The fourth-order valence-electron chi connectivity index (χ4n) is 2.81. The summed E-state index contributed by atoms with van der Waals surface area (Å²) in [6, 6.07) is 3.59. The fraction of sp³-hybridized carbons (Fsp3) is 0.500. The van der Waals surface area contributed by atoms with Crippen LogP contribution in [0.3, 0.4) is 0 Å². The van der Waals surface area contributed by atoms with Crippen molar-refractivity contribution in [2.24, 2.45) is 0 Å². The standard InChI is InChI=1S/C14H18ClNO4S/c1-3-11-6-4-9(2)16(11)21(19,20)13-8-10(14(17)18)5-7-12(13)15/h5,7-9,11H,3-4,6H2,1-2H3,(H,17,18). The smallest absolute Gasteiger partial charge is 0.335 e. The van der Waals surface area contributed by atoms with E-state index in [0.29, 0.717) is 0 Å². The average Bonchev–Trinajstić information content (AvgIpc) is 2.80. The number of benzene rings is 1. The maximum atomic E-state index is 12.9. The van der Waals surface area contributed by atoms with Crippen LogP contribution < -0.4 is 0 Å². The number of rotatable bonds is 4. The predicted molar refractivity (Wildman–Crippen MR) is 80.2 cm³/mol. The molecule has 1 saturated heterocycles. The van der Waals surface area contributed by atoms with Gasteiger partial charge in [0.15, 0.2) is 0 Å². The molecule has 0 amide bonds. The molecule has 0 radical (unpaired) electrons. The van der Waals surface area contributed by atoms with Gasteiger partial charge in [-0.05, 0) is 44.4 Å². The molecule has 1 aliphatic rings. The van der Waals surface area contributed by atoms with Crippen molar-refractivity contribution in [1.29, 1.82) is 0 Å². The Hall–Kier alpha value is -1.11. The number of carbonyl (C=O) groups is 1. The largest absolute Gasteiger partial charge is 0.478 e. The van der Waals surface area contributed by atoms with Crippen molar-refractivity contribution in [1.82, 2.24) is 4.31 Å². The van der Waals surface area contributed by atoms with Crippen LogP contribution in [0.5, 0.6) is 0 Å². The molecule has 0 spiro atoms. The minimum Gasteiger partial charge on any atom is -0.478 e. The van der Waals surface area contributed by atoms with Gasteiger partial charge in [-0.2, -0.15) is 4.31 Å². The van der Waals surface area contributed by atoms with Gasteiger partial charge in [0.2, 0.25) is 10.0 Å². The number of aromatic carboxylic acids is 1. The summed E-state index contributed by atoms with van der Waals surface area (Å²) in [4.78, 5) is 10.9. The highest BCUT2D eigenvalue weighted by Crippen LogP contribution is 2.35. The Labute approximate surface area is 129 Å². The molecule has 0 bridgehead atoms. The van der Waals surface area contributed by atoms with Crippen molar-refractivity contribution in [3.63, 3.8) is 0 Å². The van der Waals surface area contributed by atoms with Gasteiger partial charge in [-0.25, -0.2) is 13.2 Å². The molecular formula is C14H18ClNO4S. The normalized spacial score (nSPS) is 23.4. The number of sulfonamides is 1. The molecule has 0 aromatic heterocycles. The van der Waals surface area contributed by atoms with Crippen LogP contribution >= 0.6 is 11.6 Å². The summed E-state index contributed by atoms with van der Waals surface area (Å²) in [6.07, 6.45) is 2.33. The van der Waals surface area contributed by atoms with Gasteiger partial charge in [-0.3, -0.25) is 0 Å². The molecule has 1 aromatic carbocycles. The number of hydrogen-bond acceptors (Lipinski definition) is 3. The third-order valence-corrected chi connectivity index (χ3v) is 6.47. The lowest BCUT2D eigenvalue weighted by atomic mass is 10.2. The second-order valence-electron chi connectivity index (χ2n) is 5.27. The van der Waals surface area contributed by atoms with Crippen LogP contribution in [0.15, 0.2) is 23.1 Å². The van der Waals surface area contributed by atoms with Gasteiger partial charge in [-0.1, -0.05) is 18.5 Å². The van der Waals surface area contributed by atoms with E-state index in [9.17, 15) is 13.2 Å². The summed E-state index contributed by atoms with van der Waals surface area (Å²) in [6.45, 7) is 3.81. The minimum absolute atomic E-state index is 0.0500. The van der Waals surface area contributed by atoms with Gasteiger partial charge in [0.25, 0.3) is 0 Å². The molecule has 21 heavy (non-hydrogen) atoms. The molecule has 1 N–H and O–H groups in total. The molecule has 1 heterocycles. The average molecular weight is 332 g/mol. The molecule has 1 aliphatic heterocycles. The third-order valence-electron chi connectivity index (χ3n) is 3.92. The quantitative estimate of drug-likeness (QED) is 0.920. The lowest BCUT2D eigenvalue weighted by molar-refractivity contribution is 0.0696. The number of halogens is 1. The van der Waals surface area contributed by atoms with Gasteiger partial charge in [-0.15, -0.1) is 0 Å². The highest BCUT2D eigenvalue weighted by molar-refractivity contribution is 7.89. The fourth-order valence-corrected chi connectivity index (χ4v) is 5.27. The molecule has 1 aromatic rings. The zero-order valence-electron chi connectivity index (χ0n) is 11.9. The Morgan fingerprint density at radius 1 is 1.43 bits per heavy atom. The number of carboxylic acid groups (broad SMARTS) is 1. The van der Waals surface area contributed by atoms with E-state index in [1.54, 1.807) is 0 Å². The van der Waals surface area contributed by atoms with Crippen LogP contribution in [0, 0.1) is 0 Å². The first kappa shape index (κ1) is 16.3. The van der Waals surface area contributed by atoms with Gasteiger partial charge in [0.1, 0.15) is 4.90 Å². The number of nitrogens with zero attached hydrogens (tertiary/aromatic N) is 1.